The first-order valence-corrected chi connectivity index (χ1v) is 23.4. The van der Waals surface area contributed by atoms with Crippen LogP contribution in [0.2, 0.25) is 0 Å². The molecule has 1 aliphatic rings. The first-order valence-electron chi connectivity index (χ1n) is 23.4. The van der Waals surface area contributed by atoms with Crippen LogP contribution in [0.1, 0.15) is 22.3 Å². The van der Waals surface area contributed by atoms with Gasteiger partial charge in [-0.1, -0.05) is 212 Å². The van der Waals surface area contributed by atoms with Crippen LogP contribution in [0, 0.1) is 0 Å². The minimum atomic E-state index is -0.720. The number of aromatic nitrogens is 4. The topological polar surface area (TPSA) is 46.8 Å². The van der Waals surface area contributed by atoms with Crippen LogP contribution in [0.15, 0.2) is 261 Å². The van der Waals surface area contributed by atoms with Crippen LogP contribution in [-0.4, -0.2) is 19.5 Å². The fourth-order valence-electron chi connectivity index (χ4n) is 10.7. The Bertz CT molecular complexity index is 3740. The molecule has 10 aromatic carbocycles. The summed E-state index contributed by atoms with van der Waals surface area (Å²) in [5.41, 5.74) is 15.9. The number of rotatable bonds is 8. The molecule has 0 saturated heterocycles. The third-order valence-electron chi connectivity index (χ3n) is 13.7. The summed E-state index contributed by atoms with van der Waals surface area (Å²) < 4.78 is 2.40. The Hall–Kier alpha value is -9.19. The van der Waals surface area contributed by atoms with E-state index < -0.39 is 5.41 Å². The van der Waals surface area contributed by atoms with Crippen molar-refractivity contribution in [3.05, 3.63) is 283 Å². The first-order chi connectivity index (χ1) is 34.2. The van der Waals surface area contributed by atoms with Crippen molar-refractivity contribution >= 4 is 39.1 Å². The average Bonchev–Trinajstić information content (AvgIpc) is 3.77. The zero-order valence-electron chi connectivity index (χ0n) is 37.6. The molecular formula is C64H43N5. The van der Waals surface area contributed by atoms with E-state index in [1.54, 1.807) is 0 Å². The van der Waals surface area contributed by atoms with Crippen molar-refractivity contribution in [2.45, 2.75) is 5.41 Å². The van der Waals surface area contributed by atoms with Crippen LogP contribution in [0.3, 0.4) is 0 Å². The van der Waals surface area contributed by atoms with Crippen LogP contribution >= 0.6 is 0 Å². The maximum absolute atomic E-state index is 5.29. The van der Waals surface area contributed by atoms with E-state index >= 15 is 0 Å². The van der Waals surface area contributed by atoms with E-state index in [2.05, 4.69) is 234 Å². The van der Waals surface area contributed by atoms with Gasteiger partial charge in [-0.15, -0.1) is 0 Å². The number of anilines is 3. The van der Waals surface area contributed by atoms with Crippen LogP contribution in [0.5, 0.6) is 0 Å². The molecule has 0 fully saturated rings. The molecule has 0 atom stereocenters. The van der Waals surface area contributed by atoms with Gasteiger partial charge < -0.3 is 4.57 Å². The lowest BCUT2D eigenvalue weighted by molar-refractivity contribution is 0.728. The summed E-state index contributed by atoms with van der Waals surface area (Å²) in [4.78, 5) is 17.9. The van der Waals surface area contributed by atoms with Crippen LogP contribution in [-0.2, 0) is 5.41 Å². The molecule has 1 aliphatic heterocycles. The lowest BCUT2D eigenvalue weighted by Crippen LogP contribution is -2.38. The van der Waals surface area contributed by atoms with Crippen molar-refractivity contribution in [2.75, 3.05) is 4.90 Å². The lowest BCUT2D eigenvalue weighted by Gasteiger charge is -2.45. The molecular weight excluding hydrogens is 839 g/mol. The number of fused-ring (bicyclic) bond motifs is 5. The van der Waals surface area contributed by atoms with Crippen LogP contribution in [0.4, 0.5) is 17.3 Å². The van der Waals surface area contributed by atoms with Crippen molar-refractivity contribution in [2.24, 2.45) is 0 Å². The maximum atomic E-state index is 5.29. The zero-order valence-corrected chi connectivity index (χ0v) is 37.6. The highest BCUT2D eigenvalue weighted by Crippen LogP contribution is 2.57. The summed E-state index contributed by atoms with van der Waals surface area (Å²) >= 11 is 0. The van der Waals surface area contributed by atoms with Gasteiger partial charge in [0.1, 0.15) is 0 Å². The fourth-order valence-corrected chi connectivity index (χ4v) is 10.7. The molecule has 0 amide bonds. The van der Waals surface area contributed by atoms with Crippen LogP contribution in [0.25, 0.3) is 72.5 Å². The van der Waals surface area contributed by atoms with Crippen molar-refractivity contribution in [1.29, 1.82) is 0 Å². The van der Waals surface area contributed by atoms with Crippen molar-refractivity contribution in [3.63, 3.8) is 0 Å². The monoisotopic (exact) mass is 881 g/mol. The Labute approximate surface area is 401 Å². The molecule has 5 nitrogen and oxygen atoms in total. The van der Waals surface area contributed by atoms with E-state index in [4.69, 9.17) is 15.0 Å². The quantitative estimate of drug-likeness (QED) is 0.153. The Kier molecular flexibility index (Phi) is 9.65. The molecule has 5 heteroatoms. The minimum Gasteiger partial charge on any atom is -0.309 e. The van der Waals surface area contributed by atoms with E-state index in [0.29, 0.717) is 17.6 Å². The van der Waals surface area contributed by atoms with Crippen molar-refractivity contribution in [1.82, 2.24) is 19.5 Å². The zero-order chi connectivity index (χ0) is 45.7. The smallest absolute Gasteiger partial charge is 0.238 e. The molecule has 0 radical (unpaired) electrons. The number of hydrogen-bond donors (Lipinski definition) is 0. The van der Waals surface area contributed by atoms with Crippen LogP contribution < -0.4 is 4.90 Å². The SMILES string of the molecule is c1ccc(-c2cccc(-n3c4ccccc4c4cc(-c5cccc(C6(c7ccccc7)c7ccccc7N(c7nc(-c8ccccc8)nc(-c8ccccc8)n7)c7ccccc76)c5)ccc43)c2)cc1. The third kappa shape index (κ3) is 6.66. The van der Waals surface area contributed by atoms with E-state index in [1.165, 1.54) is 38.5 Å². The Morgan fingerprint density at radius 2 is 0.783 bits per heavy atom. The Balaban J connectivity index is 0.999. The molecule has 0 bridgehead atoms. The lowest BCUT2D eigenvalue weighted by atomic mass is 9.62. The molecule has 0 unspecified atom stereocenters. The average molecular weight is 882 g/mol. The van der Waals surface area contributed by atoms with Crippen molar-refractivity contribution < 1.29 is 0 Å². The number of benzene rings is 10. The molecule has 2 aromatic heterocycles. The van der Waals surface area contributed by atoms with Gasteiger partial charge in [-0.25, -0.2) is 4.98 Å². The predicted molar refractivity (Wildman–Crippen MR) is 282 cm³/mol. The Morgan fingerprint density at radius 3 is 1.43 bits per heavy atom. The predicted octanol–water partition coefficient (Wildman–Crippen LogP) is 15.8. The largest absolute Gasteiger partial charge is 0.309 e. The number of nitrogens with zero attached hydrogens (tertiary/aromatic N) is 5. The summed E-state index contributed by atoms with van der Waals surface area (Å²) in [5.74, 6) is 1.78. The normalized spacial score (nSPS) is 12.7. The molecule has 0 aliphatic carbocycles. The van der Waals surface area contributed by atoms with E-state index in [0.717, 1.165) is 56.0 Å². The van der Waals surface area contributed by atoms with Gasteiger partial charge in [0.05, 0.1) is 27.8 Å². The van der Waals surface area contributed by atoms with Gasteiger partial charge in [-0.05, 0) is 93.0 Å². The highest BCUT2D eigenvalue weighted by atomic mass is 15.3. The molecule has 0 saturated carbocycles. The molecule has 0 N–H and O–H groups in total. The van der Waals surface area contributed by atoms with Crippen molar-refractivity contribution in [3.8, 4) is 50.7 Å². The van der Waals surface area contributed by atoms with Gasteiger partial charge in [0.2, 0.25) is 5.95 Å². The molecule has 0 spiro atoms. The van der Waals surface area contributed by atoms with Gasteiger partial charge in [0.15, 0.2) is 11.6 Å². The second kappa shape index (κ2) is 16.6. The van der Waals surface area contributed by atoms with E-state index in [1.807, 2.05) is 36.4 Å². The first kappa shape index (κ1) is 40.1. The summed E-state index contributed by atoms with van der Waals surface area (Å²) in [7, 11) is 0. The van der Waals surface area contributed by atoms with Gasteiger partial charge in [0.25, 0.3) is 0 Å². The van der Waals surface area contributed by atoms with Gasteiger partial charge >= 0.3 is 0 Å². The molecule has 324 valence electrons. The maximum Gasteiger partial charge on any atom is 0.238 e. The van der Waals surface area contributed by atoms with Gasteiger partial charge in [0, 0.05) is 27.6 Å². The second-order valence-electron chi connectivity index (χ2n) is 17.6. The molecule has 3 heterocycles. The summed E-state index contributed by atoms with van der Waals surface area (Å²) in [6, 6.07) is 93.2. The fraction of sp³-hybridized carbons (Fsp3) is 0.0156. The summed E-state index contributed by atoms with van der Waals surface area (Å²) in [5, 5.41) is 2.43. The molecule has 69 heavy (non-hydrogen) atoms. The molecule has 13 rings (SSSR count). The standard InChI is InChI=1S/C64H43N5/c1-5-21-44(22-6-1)48-28-20-32-52(42-48)68-57-36-16-13-33-53(57)54-43-49(39-40-58(54)68)47-27-19-31-51(41-47)64(50-29-11-4-12-30-50)55-34-14-17-37-59(55)69(60-38-18-15-35-56(60)64)63-66-61(45-23-7-2-8-24-45)65-62(67-63)46-25-9-3-10-26-46/h1-43H. The Morgan fingerprint density at radius 1 is 0.304 bits per heavy atom. The number of para-hydroxylation sites is 3. The van der Waals surface area contributed by atoms with E-state index in [9.17, 15) is 0 Å². The van der Waals surface area contributed by atoms with Gasteiger partial charge in [-0.2, -0.15) is 9.97 Å². The number of hydrogen-bond acceptors (Lipinski definition) is 4. The van der Waals surface area contributed by atoms with E-state index in [-0.39, 0.29) is 0 Å². The molecule has 12 aromatic rings. The summed E-state index contributed by atoms with van der Waals surface area (Å²) in [6.45, 7) is 0. The third-order valence-corrected chi connectivity index (χ3v) is 13.7. The highest BCUT2D eigenvalue weighted by molar-refractivity contribution is 6.10. The van der Waals surface area contributed by atoms with Gasteiger partial charge in [-0.3, -0.25) is 4.90 Å². The minimum absolute atomic E-state index is 0.553. The highest BCUT2D eigenvalue weighted by Gasteiger charge is 2.47. The summed E-state index contributed by atoms with van der Waals surface area (Å²) in [6.07, 6.45) is 0. The second-order valence-corrected chi connectivity index (χ2v) is 17.6.